The number of hydrogen-bond donors (Lipinski definition) is 1. The first-order valence-electron chi connectivity index (χ1n) is 7.63. The Kier molecular flexibility index (Phi) is 4.25. The fourth-order valence-electron chi connectivity index (χ4n) is 3.07. The van der Waals surface area contributed by atoms with Gasteiger partial charge >= 0.3 is 0 Å². The average molecular weight is 286 g/mol. The van der Waals surface area contributed by atoms with Gasteiger partial charge in [-0.05, 0) is 55.3 Å². The van der Waals surface area contributed by atoms with Crippen LogP contribution in [0.15, 0.2) is 24.3 Å². The summed E-state index contributed by atoms with van der Waals surface area (Å²) in [5, 5.41) is 3.18. The molecule has 1 fully saturated rings. The van der Waals surface area contributed by atoms with E-state index in [0.717, 1.165) is 50.4 Å². The summed E-state index contributed by atoms with van der Waals surface area (Å²) in [6.07, 6.45) is 5.66. The highest BCUT2D eigenvalue weighted by molar-refractivity contribution is 5.92. The van der Waals surface area contributed by atoms with Gasteiger partial charge in [0.1, 0.15) is 5.75 Å². The van der Waals surface area contributed by atoms with E-state index in [9.17, 15) is 4.79 Å². The molecule has 4 nitrogen and oxygen atoms in total. The van der Waals surface area contributed by atoms with Gasteiger partial charge in [-0.2, -0.15) is 0 Å². The van der Waals surface area contributed by atoms with Gasteiger partial charge in [-0.15, -0.1) is 0 Å². The van der Waals surface area contributed by atoms with E-state index >= 15 is 0 Å². The minimum absolute atomic E-state index is 0.116. The lowest BCUT2D eigenvalue weighted by atomic mass is 10.1. The summed E-state index contributed by atoms with van der Waals surface area (Å²) >= 11 is 0. The third kappa shape index (κ3) is 3.27. The SMILES string of the molecule is CNCC1CCN(C(=O)C=Cc2ccc3c(c2)CCO3)C1. The molecule has 1 aromatic carbocycles. The third-order valence-corrected chi connectivity index (χ3v) is 4.22. The number of ether oxygens (including phenoxy) is 1. The van der Waals surface area contributed by atoms with E-state index in [1.54, 1.807) is 6.08 Å². The first-order valence-corrected chi connectivity index (χ1v) is 7.63. The monoisotopic (exact) mass is 286 g/mol. The molecule has 1 unspecified atom stereocenters. The second kappa shape index (κ2) is 6.31. The van der Waals surface area contributed by atoms with Crippen molar-refractivity contribution in [3.63, 3.8) is 0 Å². The Morgan fingerprint density at radius 3 is 3.29 bits per heavy atom. The van der Waals surface area contributed by atoms with Crippen molar-refractivity contribution >= 4 is 12.0 Å². The smallest absolute Gasteiger partial charge is 0.246 e. The second-order valence-corrected chi connectivity index (χ2v) is 5.80. The molecule has 112 valence electrons. The van der Waals surface area contributed by atoms with Crippen molar-refractivity contribution in [2.75, 3.05) is 33.3 Å². The van der Waals surface area contributed by atoms with Gasteiger partial charge in [-0.1, -0.05) is 6.07 Å². The highest BCUT2D eigenvalue weighted by Crippen LogP contribution is 2.26. The number of carbonyl (C=O) groups is 1. The second-order valence-electron chi connectivity index (χ2n) is 5.80. The molecule has 0 aliphatic carbocycles. The summed E-state index contributed by atoms with van der Waals surface area (Å²) in [4.78, 5) is 14.1. The minimum Gasteiger partial charge on any atom is -0.493 e. The molecular formula is C17H22N2O2. The molecule has 0 radical (unpaired) electrons. The van der Waals surface area contributed by atoms with Crippen LogP contribution in [0.25, 0.3) is 6.08 Å². The molecule has 0 spiro atoms. The van der Waals surface area contributed by atoms with E-state index in [2.05, 4.69) is 11.4 Å². The van der Waals surface area contributed by atoms with Crippen LogP contribution in [0.3, 0.4) is 0 Å². The van der Waals surface area contributed by atoms with Crippen molar-refractivity contribution < 1.29 is 9.53 Å². The normalized spacial score (nSPS) is 20.8. The van der Waals surface area contributed by atoms with Gasteiger partial charge in [0.05, 0.1) is 6.61 Å². The molecule has 1 N–H and O–H groups in total. The Labute approximate surface area is 125 Å². The van der Waals surface area contributed by atoms with Crippen molar-refractivity contribution in [1.29, 1.82) is 0 Å². The van der Waals surface area contributed by atoms with Crippen LogP contribution in [0.2, 0.25) is 0 Å². The Morgan fingerprint density at radius 1 is 1.52 bits per heavy atom. The van der Waals surface area contributed by atoms with Crippen LogP contribution in [-0.4, -0.2) is 44.1 Å². The van der Waals surface area contributed by atoms with E-state index in [1.807, 2.05) is 30.2 Å². The zero-order valence-electron chi connectivity index (χ0n) is 12.5. The van der Waals surface area contributed by atoms with Crippen LogP contribution < -0.4 is 10.1 Å². The standard InChI is InChI=1S/C17H22N2O2/c1-18-11-14-6-8-19(12-14)17(20)5-3-13-2-4-16-15(10-13)7-9-21-16/h2-5,10,14,18H,6-9,11-12H2,1H3. The summed E-state index contributed by atoms with van der Waals surface area (Å²) in [7, 11) is 1.96. The summed E-state index contributed by atoms with van der Waals surface area (Å²) in [6, 6.07) is 6.10. The number of carbonyl (C=O) groups excluding carboxylic acids is 1. The van der Waals surface area contributed by atoms with Gasteiger partial charge < -0.3 is 15.0 Å². The fraction of sp³-hybridized carbons (Fsp3) is 0.471. The van der Waals surface area contributed by atoms with Crippen LogP contribution in [0.4, 0.5) is 0 Å². The van der Waals surface area contributed by atoms with E-state index in [1.165, 1.54) is 5.56 Å². The molecule has 1 aromatic rings. The average Bonchev–Trinajstić information content (AvgIpc) is 3.13. The zero-order chi connectivity index (χ0) is 14.7. The van der Waals surface area contributed by atoms with Crippen LogP contribution >= 0.6 is 0 Å². The van der Waals surface area contributed by atoms with Crippen molar-refractivity contribution in [3.05, 3.63) is 35.4 Å². The number of hydrogen-bond acceptors (Lipinski definition) is 3. The lowest BCUT2D eigenvalue weighted by molar-refractivity contribution is -0.125. The highest BCUT2D eigenvalue weighted by atomic mass is 16.5. The lowest BCUT2D eigenvalue weighted by Crippen LogP contribution is -2.28. The molecule has 2 aliphatic rings. The predicted molar refractivity (Wildman–Crippen MR) is 83.3 cm³/mol. The van der Waals surface area contributed by atoms with Crippen molar-refractivity contribution in [2.45, 2.75) is 12.8 Å². The zero-order valence-corrected chi connectivity index (χ0v) is 12.5. The first-order chi connectivity index (χ1) is 10.3. The largest absolute Gasteiger partial charge is 0.493 e. The first kappa shape index (κ1) is 14.1. The lowest BCUT2D eigenvalue weighted by Gasteiger charge is -2.14. The van der Waals surface area contributed by atoms with Crippen LogP contribution in [0.5, 0.6) is 5.75 Å². The van der Waals surface area contributed by atoms with Gasteiger partial charge in [-0.3, -0.25) is 4.79 Å². The molecule has 0 bridgehead atoms. The Bertz CT molecular complexity index is 554. The summed E-state index contributed by atoms with van der Waals surface area (Å²) in [5.41, 5.74) is 2.30. The van der Waals surface area contributed by atoms with Crippen LogP contribution in [-0.2, 0) is 11.2 Å². The molecule has 0 saturated carbocycles. The molecule has 4 heteroatoms. The Morgan fingerprint density at radius 2 is 2.43 bits per heavy atom. The summed E-state index contributed by atoms with van der Waals surface area (Å²) < 4.78 is 5.49. The van der Waals surface area contributed by atoms with E-state index in [0.29, 0.717) is 5.92 Å². The number of benzene rings is 1. The molecule has 3 rings (SSSR count). The van der Waals surface area contributed by atoms with Gasteiger partial charge in [0.15, 0.2) is 0 Å². The molecule has 21 heavy (non-hydrogen) atoms. The van der Waals surface area contributed by atoms with E-state index in [4.69, 9.17) is 4.74 Å². The number of nitrogens with zero attached hydrogens (tertiary/aromatic N) is 1. The third-order valence-electron chi connectivity index (χ3n) is 4.22. The van der Waals surface area contributed by atoms with Crippen molar-refractivity contribution in [1.82, 2.24) is 10.2 Å². The minimum atomic E-state index is 0.116. The molecule has 0 aromatic heterocycles. The fourth-order valence-corrected chi connectivity index (χ4v) is 3.07. The maximum atomic E-state index is 12.2. The molecule has 1 atom stereocenters. The van der Waals surface area contributed by atoms with Gasteiger partial charge in [0, 0.05) is 25.6 Å². The highest BCUT2D eigenvalue weighted by Gasteiger charge is 2.24. The summed E-state index contributed by atoms with van der Waals surface area (Å²) in [5.74, 6) is 1.68. The molecular weight excluding hydrogens is 264 g/mol. The summed E-state index contributed by atoms with van der Waals surface area (Å²) in [6.45, 7) is 3.48. The van der Waals surface area contributed by atoms with Crippen LogP contribution in [0, 0.1) is 5.92 Å². The maximum absolute atomic E-state index is 12.2. The topological polar surface area (TPSA) is 41.6 Å². The number of rotatable bonds is 4. The number of nitrogens with one attached hydrogen (secondary N) is 1. The molecule has 1 amide bonds. The predicted octanol–water partition coefficient (Wildman–Crippen LogP) is 1.70. The van der Waals surface area contributed by atoms with E-state index < -0.39 is 0 Å². The Hall–Kier alpha value is -1.81. The van der Waals surface area contributed by atoms with Crippen LogP contribution in [0.1, 0.15) is 17.5 Å². The Balaban J connectivity index is 1.60. The number of fused-ring (bicyclic) bond motifs is 1. The van der Waals surface area contributed by atoms with Gasteiger partial charge in [0.2, 0.25) is 5.91 Å². The number of amides is 1. The van der Waals surface area contributed by atoms with Crippen molar-refractivity contribution in [2.24, 2.45) is 5.92 Å². The molecule has 2 heterocycles. The van der Waals surface area contributed by atoms with Crippen molar-refractivity contribution in [3.8, 4) is 5.75 Å². The quantitative estimate of drug-likeness (QED) is 0.857. The molecule has 2 aliphatic heterocycles. The van der Waals surface area contributed by atoms with E-state index in [-0.39, 0.29) is 5.91 Å². The molecule has 1 saturated heterocycles. The number of likely N-dealkylation sites (tertiary alicyclic amines) is 1. The van der Waals surface area contributed by atoms with Gasteiger partial charge in [0.25, 0.3) is 0 Å². The van der Waals surface area contributed by atoms with Gasteiger partial charge in [-0.25, -0.2) is 0 Å². The maximum Gasteiger partial charge on any atom is 0.246 e.